The Kier molecular flexibility index (Phi) is 4.10. The van der Waals surface area contributed by atoms with Gasteiger partial charge in [0, 0.05) is 15.7 Å². The van der Waals surface area contributed by atoms with E-state index in [0.717, 1.165) is 10.0 Å². The number of hydrogen-bond donors (Lipinski definition) is 0. The van der Waals surface area contributed by atoms with Gasteiger partial charge in [-0.3, -0.25) is 9.69 Å². The Morgan fingerprint density at radius 3 is 2.75 bits per heavy atom. The SMILES string of the molecule is O=C1CSC(c2cc3c(cc2Br)OCO3)N1c1ccc(F)c(Cl)c1. The number of anilines is 1. The van der Waals surface area contributed by atoms with Gasteiger partial charge in [0.15, 0.2) is 11.5 Å². The van der Waals surface area contributed by atoms with Crippen LogP contribution in [0.3, 0.4) is 0 Å². The first-order valence-corrected chi connectivity index (χ1v) is 9.24. The molecule has 2 aromatic rings. The van der Waals surface area contributed by atoms with Gasteiger partial charge in [0.05, 0.1) is 10.8 Å². The molecular formula is C16H10BrClFNO3S. The van der Waals surface area contributed by atoms with E-state index >= 15 is 0 Å². The Labute approximate surface area is 155 Å². The lowest BCUT2D eigenvalue weighted by molar-refractivity contribution is -0.115. The molecule has 0 bridgehead atoms. The summed E-state index contributed by atoms with van der Waals surface area (Å²) in [5.41, 5.74) is 1.45. The van der Waals surface area contributed by atoms with E-state index in [1.165, 1.54) is 23.9 Å². The minimum Gasteiger partial charge on any atom is -0.454 e. The second-order valence-electron chi connectivity index (χ2n) is 5.25. The topological polar surface area (TPSA) is 38.8 Å². The molecule has 4 nitrogen and oxygen atoms in total. The van der Waals surface area contributed by atoms with Gasteiger partial charge in [-0.05, 0) is 30.3 Å². The molecule has 0 spiro atoms. The Bertz CT molecular complexity index is 850. The third-order valence-electron chi connectivity index (χ3n) is 3.81. The van der Waals surface area contributed by atoms with Gasteiger partial charge in [-0.2, -0.15) is 0 Å². The van der Waals surface area contributed by atoms with Crippen molar-refractivity contribution in [1.82, 2.24) is 0 Å². The highest BCUT2D eigenvalue weighted by molar-refractivity contribution is 9.10. The molecule has 2 aliphatic heterocycles. The summed E-state index contributed by atoms with van der Waals surface area (Å²) in [6.45, 7) is 0.180. The predicted octanol–water partition coefficient (Wildman–Crippen LogP) is 4.75. The molecule has 0 N–H and O–H groups in total. The average Bonchev–Trinajstić information content (AvgIpc) is 3.15. The van der Waals surface area contributed by atoms with E-state index in [4.69, 9.17) is 21.1 Å². The Morgan fingerprint density at radius 1 is 1.25 bits per heavy atom. The molecule has 1 amide bonds. The van der Waals surface area contributed by atoms with Crippen LogP contribution >= 0.6 is 39.3 Å². The van der Waals surface area contributed by atoms with Crippen LogP contribution in [0, 0.1) is 5.82 Å². The molecule has 1 fully saturated rings. The van der Waals surface area contributed by atoms with Crippen molar-refractivity contribution in [3.63, 3.8) is 0 Å². The van der Waals surface area contributed by atoms with E-state index in [1.807, 2.05) is 12.1 Å². The lowest BCUT2D eigenvalue weighted by atomic mass is 10.1. The minimum absolute atomic E-state index is 0.0132. The van der Waals surface area contributed by atoms with Crippen LogP contribution in [0.1, 0.15) is 10.9 Å². The molecule has 2 aliphatic rings. The number of fused-ring (bicyclic) bond motifs is 1. The van der Waals surface area contributed by atoms with E-state index in [2.05, 4.69) is 15.9 Å². The Hall–Kier alpha value is -1.44. The van der Waals surface area contributed by atoms with Crippen molar-refractivity contribution in [3.05, 3.63) is 51.2 Å². The van der Waals surface area contributed by atoms with Crippen LogP contribution in [0.5, 0.6) is 11.5 Å². The van der Waals surface area contributed by atoms with Crippen LogP contribution in [-0.2, 0) is 4.79 Å². The molecule has 24 heavy (non-hydrogen) atoms. The first-order chi connectivity index (χ1) is 11.5. The number of hydrogen-bond acceptors (Lipinski definition) is 4. The molecule has 8 heteroatoms. The third-order valence-corrected chi connectivity index (χ3v) is 5.98. The molecule has 0 aromatic heterocycles. The number of thioether (sulfide) groups is 1. The second kappa shape index (κ2) is 6.13. The molecule has 0 saturated carbocycles. The fourth-order valence-corrected chi connectivity index (χ4v) is 4.76. The average molecular weight is 431 g/mol. The van der Waals surface area contributed by atoms with Gasteiger partial charge < -0.3 is 9.47 Å². The molecule has 1 unspecified atom stereocenters. The van der Waals surface area contributed by atoms with Crippen molar-refractivity contribution in [2.24, 2.45) is 0 Å². The van der Waals surface area contributed by atoms with E-state index in [-0.39, 0.29) is 23.1 Å². The molecule has 0 aliphatic carbocycles. The Morgan fingerprint density at radius 2 is 2.00 bits per heavy atom. The highest BCUT2D eigenvalue weighted by atomic mass is 79.9. The van der Waals surface area contributed by atoms with Gasteiger partial charge in [0.25, 0.3) is 0 Å². The quantitative estimate of drug-likeness (QED) is 0.689. The van der Waals surface area contributed by atoms with E-state index < -0.39 is 5.82 Å². The van der Waals surface area contributed by atoms with Gasteiger partial charge in [-0.1, -0.05) is 27.5 Å². The molecular weight excluding hydrogens is 421 g/mol. The van der Waals surface area contributed by atoms with Gasteiger partial charge in [-0.15, -0.1) is 11.8 Å². The molecule has 2 aromatic carbocycles. The fraction of sp³-hybridized carbons (Fsp3) is 0.188. The summed E-state index contributed by atoms with van der Waals surface area (Å²) in [5, 5.41) is -0.274. The summed E-state index contributed by atoms with van der Waals surface area (Å²) < 4.78 is 25.0. The molecule has 1 atom stereocenters. The third kappa shape index (κ3) is 2.64. The largest absolute Gasteiger partial charge is 0.454 e. The summed E-state index contributed by atoms with van der Waals surface area (Å²) in [6, 6.07) is 7.98. The van der Waals surface area contributed by atoms with Crippen LogP contribution in [0.4, 0.5) is 10.1 Å². The van der Waals surface area contributed by atoms with Crippen molar-refractivity contribution in [2.45, 2.75) is 5.37 Å². The molecule has 2 heterocycles. The number of halogens is 3. The van der Waals surface area contributed by atoms with Crippen molar-refractivity contribution in [2.75, 3.05) is 17.4 Å². The zero-order valence-corrected chi connectivity index (χ0v) is 15.3. The van der Waals surface area contributed by atoms with Crippen LogP contribution in [0.2, 0.25) is 5.02 Å². The maximum absolute atomic E-state index is 13.4. The molecule has 1 saturated heterocycles. The van der Waals surface area contributed by atoms with Crippen LogP contribution in [0.15, 0.2) is 34.8 Å². The maximum Gasteiger partial charge on any atom is 0.238 e. The lowest BCUT2D eigenvalue weighted by Gasteiger charge is -2.25. The standard InChI is InChI=1S/C16H10BrClFNO3S/c17-10-5-14-13(22-7-23-14)4-9(10)16-20(15(21)6-24-16)8-1-2-12(19)11(18)3-8/h1-5,16H,6-7H2. The number of carbonyl (C=O) groups is 1. The van der Waals surface area contributed by atoms with Crippen molar-refractivity contribution in [1.29, 1.82) is 0 Å². The number of amides is 1. The minimum atomic E-state index is -0.513. The van der Waals surface area contributed by atoms with Crippen molar-refractivity contribution in [3.8, 4) is 11.5 Å². The smallest absolute Gasteiger partial charge is 0.238 e. The van der Waals surface area contributed by atoms with E-state index in [1.54, 1.807) is 11.0 Å². The second-order valence-corrected chi connectivity index (χ2v) is 7.58. The molecule has 0 radical (unpaired) electrons. The van der Waals surface area contributed by atoms with E-state index in [0.29, 0.717) is 22.9 Å². The normalized spacial score (nSPS) is 19.2. The van der Waals surface area contributed by atoms with Gasteiger partial charge >= 0.3 is 0 Å². The summed E-state index contributed by atoms with van der Waals surface area (Å²) in [5.74, 6) is 1.07. The monoisotopic (exact) mass is 429 g/mol. The van der Waals surface area contributed by atoms with Crippen LogP contribution < -0.4 is 14.4 Å². The first-order valence-electron chi connectivity index (χ1n) is 7.02. The summed E-state index contributed by atoms with van der Waals surface area (Å²) in [4.78, 5) is 14.0. The van der Waals surface area contributed by atoms with Gasteiger partial charge in [0.1, 0.15) is 11.2 Å². The van der Waals surface area contributed by atoms with E-state index in [9.17, 15) is 9.18 Å². The Balaban J connectivity index is 1.77. The highest BCUT2D eigenvalue weighted by Gasteiger charge is 2.36. The van der Waals surface area contributed by atoms with Gasteiger partial charge in [-0.25, -0.2) is 4.39 Å². The zero-order chi connectivity index (χ0) is 16.8. The van der Waals surface area contributed by atoms with Crippen molar-refractivity contribution < 1.29 is 18.7 Å². The summed E-state index contributed by atoms with van der Waals surface area (Å²) in [6.07, 6.45) is 0. The zero-order valence-electron chi connectivity index (χ0n) is 12.1. The van der Waals surface area contributed by atoms with Crippen LogP contribution in [0.25, 0.3) is 0 Å². The molecule has 4 rings (SSSR count). The predicted molar refractivity (Wildman–Crippen MR) is 94.4 cm³/mol. The van der Waals surface area contributed by atoms with Crippen LogP contribution in [-0.4, -0.2) is 18.5 Å². The lowest BCUT2D eigenvalue weighted by Crippen LogP contribution is -2.28. The summed E-state index contributed by atoms with van der Waals surface area (Å²) in [7, 11) is 0. The first kappa shape index (κ1) is 16.1. The highest BCUT2D eigenvalue weighted by Crippen LogP contribution is 2.48. The fourth-order valence-electron chi connectivity index (χ4n) is 2.69. The number of benzene rings is 2. The number of nitrogens with zero attached hydrogens (tertiary/aromatic N) is 1. The number of ether oxygens (including phenoxy) is 2. The summed E-state index contributed by atoms with van der Waals surface area (Å²) >= 11 is 10.9. The van der Waals surface area contributed by atoms with Gasteiger partial charge in [0.2, 0.25) is 12.7 Å². The molecule has 124 valence electrons. The van der Waals surface area contributed by atoms with Crippen molar-refractivity contribution >= 4 is 50.9 Å². The number of rotatable bonds is 2. The number of carbonyl (C=O) groups excluding carboxylic acids is 1. The maximum atomic E-state index is 13.4.